The normalized spacial score (nSPS) is 15.1. The third kappa shape index (κ3) is 4.50. The third-order valence-corrected chi connectivity index (χ3v) is 4.75. The molecule has 1 N–H and O–H groups in total. The molecule has 2 heterocycles. The van der Waals surface area contributed by atoms with Gasteiger partial charge in [-0.25, -0.2) is 4.99 Å². The van der Waals surface area contributed by atoms with E-state index in [-0.39, 0.29) is 0 Å². The molecule has 1 saturated heterocycles. The Morgan fingerprint density at radius 3 is 2.67 bits per heavy atom. The van der Waals surface area contributed by atoms with E-state index < -0.39 is 0 Å². The molecule has 1 fully saturated rings. The van der Waals surface area contributed by atoms with Crippen LogP contribution in [0.25, 0.3) is 0 Å². The van der Waals surface area contributed by atoms with E-state index >= 15 is 0 Å². The minimum atomic E-state index is 0.531. The van der Waals surface area contributed by atoms with Crippen LogP contribution in [0.2, 0.25) is 0 Å². The van der Waals surface area contributed by atoms with Gasteiger partial charge in [-0.15, -0.1) is 10.2 Å². The fourth-order valence-electron chi connectivity index (χ4n) is 3.29. The lowest BCUT2D eigenvalue weighted by Crippen LogP contribution is -2.52. The second-order valence-electron chi connectivity index (χ2n) is 6.35. The van der Waals surface area contributed by atoms with Crippen molar-refractivity contribution in [1.82, 2.24) is 25.0 Å². The van der Waals surface area contributed by atoms with Gasteiger partial charge < -0.3 is 24.4 Å². The number of methoxy groups -OCH3 is 1. The van der Waals surface area contributed by atoms with Crippen LogP contribution in [-0.4, -0.2) is 65.5 Å². The molecule has 8 heteroatoms. The molecule has 8 nitrogen and oxygen atoms in total. The molecular weight excluding hydrogens is 342 g/mol. The molecule has 1 aromatic carbocycles. The van der Waals surface area contributed by atoms with Gasteiger partial charge in [0.05, 0.1) is 12.8 Å². The highest BCUT2D eigenvalue weighted by Gasteiger charge is 2.21. The number of anilines is 1. The summed E-state index contributed by atoms with van der Waals surface area (Å²) in [4.78, 5) is 9.46. The standard InChI is InChI=1S/C19H29N7O/c1-4-20-19(21-14-18-23-22-15-24(18)5-2)26-12-10-25(11-13-26)16-8-6-7-9-17(16)27-3/h6-9,15H,4-5,10-14H2,1-3H3,(H,20,21). The van der Waals surface area contributed by atoms with E-state index in [1.54, 1.807) is 13.4 Å². The summed E-state index contributed by atoms with van der Waals surface area (Å²) >= 11 is 0. The van der Waals surface area contributed by atoms with Gasteiger partial charge in [0.1, 0.15) is 18.6 Å². The quantitative estimate of drug-likeness (QED) is 0.614. The molecule has 0 aliphatic carbocycles. The highest BCUT2D eigenvalue weighted by Crippen LogP contribution is 2.28. The molecule has 146 valence electrons. The maximum absolute atomic E-state index is 5.51. The van der Waals surface area contributed by atoms with Gasteiger partial charge in [0.25, 0.3) is 0 Å². The molecule has 0 saturated carbocycles. The van der Waals surface area contributed by atoms with Crippen molar-refractivity contribution in [2.24, 2.45) is 4.99 Å². The molecule has 0 amide bonds. The molecular formula is C19H29N7O. The number of ether oxygens (including phenoxy) is 1. The van der Waals surface area contributed by atoms with Gasteiger partial charge in [-0.05, 0) is 26.0 Å². The Morgan fingerprint density at radius 2 is 1.96 bits per heavy atom. The number of nitrogens with zero attached hydrogens (tertiary/aromatic N) is 6. The second kappa shape index (κ2) is 9.25. The van der Waals surface area contributed by atoms with Crippen LogP contribution < -0.4 is 15.0 Å². The fourth-order valence-corrected chi connectivity index (χ4v) is 3.29. The number of hydrogen-bond donors (Lipinski definition) is 1. The van der Waals surface area contributed by atoms with Gasteiger partial charge in [0, 0.05) is 39.3 Å². The number of piperazine rings is 1. The van der Waals surface area contributed by atoms with E-state index in [9.17, 15) is 0 Å². The Bertz CT molecular complexity index is 750. The summed E-state index contributed by atoms with van der Waals surface area (Å²) < 4.78 is 7.53. The molecule has 3 rings (SSSR count). The number of aryl methyl sites for hydroxylation is 1. The van der Waals surface area contributed by atoms with Crippen molar-refractivity contribution in [2.75, 3.05) is 44.7 Å². The van der Waals surface area contributed by atoms with Crippen molar-refractivity contribution in [3.05, 3.63) is 36.4 Å². The maximum Gasteiger partial charge on any atom is 0.194 e. The summed E-state index contributed by atoms with van der Waals surface area (Å²) in [6, 6.07) is 8.19. The maximum atomic E-state index is 5.51. The summed E-state index contributed by atoms with van der Waals surface area (Å²) in [5.41, 5.74) is 1.15. The smallest absolute Gasteiger partial charge is 0.194 e. The van der Waals surface area contributed by atoms with Crippen LogP contribution in [0.15, 0.2) is 35.6 Å². The van der Waals surface area contributed by atoms with Crippen LogP contribution in [0.5, 0.6) is 5.75 Å². The number of hydrogen-bond acceptors (Lipinski definition) is 5. The topological polar surface area (TPSA) is 70.8 Å². The van der Waals surface area contributed by atoms with Crippen LogP contribution in [0.3, 0.4) is 0 Å². The SMILES string of the molecule is CCNC(=NCc1nncn1CC)N1CCN(c2ccccc2OC)CC1. The highest BCUT2D eigenvalue weighted by molar-refractivity contribution is 5.80. The second-order valence-corrected chi connectivity index (χ2v) is 6.35. The van der Waals surface area contributed by atoms with E-state index in [2.05, 4.69) is 51.3 Å². The zero-order chi connectivity index (χ0) is 19.1. The molecule has 2 aromatic rings. The van der Waals surface area contributed by atoms with Gasteiger partial charge in [-0.1, -0.05) is 12.1 Å². The van der Waals surface area contributed by atoms with Crippen LogP contribution in [0.4, 0.5) is 5.69 Å². The predicted molar refractivity (Wildman–Crippen MR) is 107 cm³/mol. The molecule has 1 aromatic heterocycles. The molecule has 0 atom stereocenters. The molecule has 0 unspecified atom stereocenters. The lowest BCUT2D eigenvalue weighted by atomic mass is 10.2. The highest BCUT2D eigenvalue weighted by atomic mass is 16.5. The zero-order valence-corrected chi connectivity index (χ0v) is 16.4. The lowest BCUT2D eigenvalue weighted by molar-refractivity contribution is 0.367. The van der Waals surface area contributed by atoms with E-state index in [1.165, 1.54) is 0 Å². The van der Waals surface area contributed by atoms with E-state index in [0.717, 1.165) is 62.5 Å². The number of aromatic nitrogens is 3. The number of nitrogens with one attached hydrogen (secondary N) is 1. The minimum Gasteiger partial charge on any atom is -0.495 e. The Labute approximate surface area is 160 Å². The third-order valence-electron chi connectivity index (χ3n) is 4.75. The Hall–Kier alpha value is -2.77. The fraction of sp³-hybridized carbons (Fsp3) is 0.526. The number of rotatable bonds is 6. The average molecular weight is 371 g/mol. The largest absolute Gasteiger partial charge is 0.495 e. The zero-order valence-electron chi connectivity index (χ0n) is 16.4. The van der Waals surface area contributed by atoms with E-state index in [0.29, 0.717) is 6.54 Å². The van der Waals surface area contributed by atoms with Gasteiger partial charge in [0.2, 0.25) is 0 Å². The van der Waals surface area contributed by atoms with Gasteiger partial charge in [-0.3, -0.25) is 0 Å². The number of guanidine groups is 1. The first-order valence-electron chi connectivity index (χ1n) is 9.54. The number of aliphatic imine (C=N–C) groups is 1. The Morgan fingerprint density at radius 1 is 1.19 bits per heavy atom. The summed E-state index contributed by atoms with van der Waals surface area (Å²) in [5.74, 6) is 2.74. The van der Waals surface area contributed by atoms with Gasteiger partial charge in [0.15, 0.2) is 11.8 Å². The molecule has 27 heavy (non-hydrogen) atoms. The molecule has 0 radical (unpaired) electrons. The molecule has 0 spiro atoms. The van der Waals surface area contributed by atoms with E-state index in [4.69, 9.17) is 9.73 Å². The first-order valence-corrected chi connectivity index (χ1v) is 9.54. The first-order chi connectivity index (χ1) is 13.3. The summed E-state index contributed by atoms with van der Waals surface area (Å²) in [6.45, 7) is 10.1. The predicted octanol–water partition coefficient (Wildman–Crippen LogP) is 1.59. The Kier molecular flexibility index (Phi) is 6.51. The van der Waals surface area contributed by atoms with Crippen molar-refractivity contribution >= 4 is 11.6 Å². The Balaban J connectivity index is 1.65. The van der Waals surface area contributed by atoms with Gasteiger partial charge in [-0.2, -0.15) is 0 Å². The summed E-state index contributed by atoms with van der Waals surface area (Å²) in [5, 5.41) is 11.6. The monoisotopic (exact) mass is 371 g/mol. The van der Waals surface area contributed by atoms with Crippen molar-refractivity contribution in [2.45, 2.75) is 26.9 Å². The molecule has 1 aliphatic heterocycles. The van der Waals surface area contributed by atoms with Crippen LogP contribution >= 0.6 is 0 Å². The number of benzene rings is 1. The van der Waals surface area contributed by atoms with Crippen molar-refractivity contribution in [3.8, 4) is 5.75 Å². The van der Waals surface area contributed by atoms with Crippen LogP contribution in [-0.2, 0) is 13.1 Å². The lowest BCUT2D eigenvalue weighted by Gasteiger charge is -2.38. The summed E-state index contributed by atoms with van der Waals surface area (Å²) in [7, 11) is 1.72. The minimum absolute atomic E-state index is 0.531. The van der Waals surface area contributed by atoms with E-state index in [1.807, 2.05) is 16.7 Å². The molecule has 0 bridgehead atoms. The molecule has 1 aliphatic rings. The van der Waals surface area contributed by atoms with Crippen molar-refractivity contribution < 1.29 is 4.74 Å². The number of para-hydroxylation sites is 2. The van der Waals surface area contributed by atoms with Crippen molar-refractivity contribution in [1.29, 1.82) is 0 Å². The van der Waals surface area contributed by atoms with Crippen LogP contribution in [0, 0.1) is 0 Å². The van der Waals surface area contributed by atoms with Gasteiger partial charge >= 0.3 is 0 Å². The first kappa shape index (κ1) is 19.0. The summed E-state index contributed by atoms with van der Waals surface area (Å²) in [6.07, 6.45) is 1.75. The van der Waals surface area contributed by atoms with Crippen molar-refractivity contribution in [3.63, 3.8) is 0 Å². The van der Waals surface area contributed by atoms with Crippen LogP contribution in [0.1, 0.15) is 19.7 Å². The average Bonchev–Trinajstić information content (AvgIpc) is 3.19.